The van der Waals surface area contributed by atoms with E-state index in [1.54, 1.807) is 24.3 Å². The molecule has 5 nitrogen and oxygen atoms in total. The average Bonchev–Trinajstić information content (AvgIpc) is 2.79. The van der Waals surface area contributed by atoms with Crippen LogP contribution in [0.15, 0.2) is 53.0 Å². The first kappa shape index (κ1) is 15.7. The normalized spacial score (nSPS) is 14.8. The van der Waals surface area contributed by atoms with Crippen molar-refractivity contribution < 1.29 is 14.7 Å². The van der Waals surface area contributed by atoms with Crippen LogP contribution in [0.2, 0.25) is 0 Å². The predicted molar refractivity (Wildman–Crippen MR) is 90.4 cm³/mol. The van der Waals surface area contributed by atoms with Crippen LogP contribution >= 0.6 is 15.9 Å². The largest absolute Gasteiger partial charge is 0.389 e. The molecule has 0 saturated carbocycles. The maximum Gasteiger partial charge on any atom is 0.261 e. The molecule has 0 aromatic heterocycles. The molecule has 23 heavy (non-hydrogen) atoms. The molecule has 2 amide bonds. The Morgan fingerprint density at radius 3 is 2.30 bits per heavy atom. The Morgan fingerprint density at radius 1 is 1.04 bits per heavy atom. The standard InChI is InChI=1S/C17H15BrN2O3/c18-11-4-3-5-12(8-11)19-9-13(21)10-20-16(22)14-6-1-2-7-15(14)17(20)23/h1-8,13,19,21H,9-10H2/t13-/m1/s1. The van der Waals surface area contributed by atoms with E-state index in [2.05, 4.69) is 21.2 Å². The third-order valence-corrected chi connectivity index (χ3v) is 4.13. The van der Waals surface area contributed by atoms with E-state index in [4.69, 9.17) is 0 Å². The van der Waals surface area contributed by atoms with Gasteiger partial charge in [-0.2, -0.15) is 0 Å². The van der Waals surface area contributed by atoms with Crippen molar-refractivity contribution in [3.05, 3.63) is 64.1 Å². The zero-order valence-electron chi connectivity index (χ0n) is 12.2. The van der Waals surface area contributed by atoms with Gasteiger partial charge < -0.3 is 10.4 Å². The third kappa shape index (κ3) is 3.28. The lowest BCUT2D eigenvalue weighted by atomic mass is 10.1. The molecule has 0 unspecified atom stereocenters. The van der Waals surface area contributed by atoms with Gasteiger partial charge in [0.05, 0.1) is 23.8 Å². The highest BCUT2D eigenvalue weighted by atomic mass is 79.9. The molecule has 0 bridgehead atoms. The first-order chi connectivity index (χ1) is 11.1. The molecule has 3 rings (SSSR count). The van der Waals surface area contributed by atoms with Crippen molar-refractivity contribution >= 4 is 33.4 Å². The second kappa shape index (κ2) is 6.52. The number of fused-ring (bicyclic) bond motifs is 1. The molecular weight excluding hydrogens is 360 g/mol. The Balaban J connectivity index is 1.62. The van der Waals surface area contributed by atoms with Gasteiger partial charge in [0.15, 0.2) is 0 Å². The van der Waals surface area contributed by atoms with Gasteiger partial charge in [-0.1, -0.05) is 34.1 Å². The molecule has 0 spiro atoms. The number of imide groups is 1. The van der Waals surface area contributed by atoms with Crippen molar-refractivity contribution in [2.24, 2.45) is 0 Å². The highest BCUT2D eigenvalue weighted by molar-refractivity contribution is 9.10. The van der Waals surface area contributed by atoms with Gasteiger partial charge in [0.25, 0.3) is 11.8 Å². The lowest BCUT2D eigenvalue weighted by Crippen LogP contribution is -2.39. The van der Waals surface area contributed by atoms with E-state index in [1.807, 2.05) is 24.3 Å². The summed E-state index contributed by atoms with van der Waals surface area (Å²) in [4.78, 5) is 25.6. The number of halogens is 1. The molecule has 1 atom stereocenters. The van der Waals surface area contributed by atoms with Gasteiger partial charge in [-0.15, -0.1) is 0 Å². The van der Waals surface area contributed by atoms with Gasteiger partial charge in [-0.05, 0) is 30.3 Å². The van der Waals surface area contributed by atoms with E-state index >= 15 is 0 Å². The summed E-state index contributed by atoms with van der Waals surface area (Å²) in [5, 5.41) is 13.2. The number of nitrogens with one attached hydrogen (secondary N) is 1. The number of β-amino-alcohol motifs (C(OH)–C–C–N with tert-alkyl or cyclic N) is 1. The lowest BCUT2D eigenvalue weighted by Gasteiger charge is -2.19. The van der Waals surface area contributed by atoms with Gasteiger partial charge in [-0.3, -0.25) is 14.5 Å². The van der Waals surface area contributed by atoms with Crippen LogP contribution in [0.5, 0.6) is 0 Å². The monoisotopic (exact) mass is 374 g/mol. The minimum atomic E-state index is -0.851. The fraction of sp³-hybridized carbons (Fsp3) is 0.176. The molecule has 1 aliphatic rings. The van der Waals surface area contributed by atoms with Gasteiger partial charge in [-0.25, -0.2) is 0 Å². The van der Waals surface area contributed by atoms with Crippen LogP contribution < -0.4 is 5.32 Å². The minimum absolute atomic E-state index is 0.0344. The fourth-order valence-corrected chi connectivity index (χ4v) is 2.91. The number of anilines is 1. The molecule has 1 heterocycles. The van der Waals surface area contributed by atoms with E-state index in [-0.39, 0.29) is 24.9 Å². The molecule has 2 N–H and O–H groups in total. The van der Waals surface area contributed by atoms with Crippen LogP contribution in [0.1, 0.15) is 20.7 Å². The molecule has 6 heteroatoms. The number of aliphatic hydroxyl groups is 1. The number of nitrogens with zero attached hydrogens (tertiary/aromatic N) is 1. The topological polar surface area (TPSA) is 69.6 Å². The number of carbonyl (C=O) groups is 2. The molecule has 0 aliphatic carbocycles. The summed E-state index contributed by atoms with van der Waals surface area (Å²) in [6.07, 6.45) is -0.851. The SMILES string of the molecule is O=C1c2ccccc2C(=O)N1C[C@H](O)CNc1cccc(Br)c1. The quantitative estimate of drug-likeness (QED) is 0.788. The van der Waals surface area contributed by atoms with Gasteiger partial charge in [0, 0.05) is 16.7 Å². The summed E-state index contributed by atoms with van der Waals surface area (Å²) in [7, 11) is 0. The second-order valence-electron chi connectivity index (χ2n) is 5.31. The fourth-order valence-electron chi connectivity index (χ4n) is 2.51. The number of amides is 2. The maximum atomic E-state index is 12.2. The van der Waals surface area contributed by atoms with E-state index in [1.165, 1.54) is 0 Å². The van der Waals surface area contributed by atoms with E-state index in [9.17, 15) is 14.7 Å². The summed E-state index contributed by atoms with van der Waals surface area (Å²) < 4.78 is 0.928. The van der Waals surface area contributed by atoms with Gasteiger partial charge in [0.1, 0.15) is 0 Å². The Labute approximate surface area is 142 Å². The maximum absolute atomic E-state index is 12.2. The Morgan fingerprint density at radius 2 is 1.70 bits per heavy atom. The predicted octanol–water partition coefficient (Wildman–Crippen LogP) is 2.52. The van der Waals surface area contributed by atoms with Crippen molar-refractivity contribution in [3.8, 4) is 0 Å². The first-order valence-corrected chi connectivity index (χ1v) is 7.98. The van der Waals surface area contributed by atoms with Crippen LogP contribution in [0.3, 0.4) is 0 Å². The van der Waals surface area contributed by atoms with Crippen LogP contribution in [0, 0.1) is 0 Å². The third-order valence-electron chi connectivity index (χ3n) is 3.64. The molecular formula is C17H15BrN2O3. The van der Waals surface area contributed by atoms with Crippen molar-refractivity contribution in [2.75, 3.05) is 18.4 Å². The van der Waals surface area contributed by atoms with E-state index < -0.39 is 6.10 Å². The summed E-state index contributed by atoms with van der Waals surface area (Å²) in [6, 6.07) is 14.2. The van der Waals surface area contributed by atoms with Gasteiger partial charge in [0.2, 0.25) is 0 Å². The summed E-state index contributed by atoms with van der Waals surface area (Å²) in [5.41, 5.74) is 1.63. The first-order valence-electron chi connectivity index (χ1n) is 7.19. The van der Waals surface area contributed by atoms with Crippen LogP contribution in [0.4, 0.5) is 5.69 Å². The highest BCUT2D eigenvalue weighted by Gasteiger charge is 2.35. The summed E-state index contributed by atoms with van der Waals surface area (Å²) in [6.45, 7) is 0.206. The van der Waals surface area contributed by atoms with E-state index in [0.29, 0.717) is 11.1 Å². The molecule has 2 aromatic rings. The van der Waals surface area contributed by atoms with Crippen molar-refractivity contribution in [2.45, 2.75) is 6.10 Å². The number of hydrogen-bond donors (Lipinski definition) is 2. The summed E-state index contributed by atoms with van der Waals surface area (Å²) in [5.74, 6) is -0.709. The smallest absolute Gasteiger partial charge is 0.261 e. The molecule has 0 saturated heterocycles. The van der Waals surface area contributed by atoms with Crippen molar-refractivity contribution in [1.82, 2.24) is 4.90 Å². The lowest BCUT2D eigenvalue weighted by molar-refractivity contribution is 0.0558. The number of aliphatic hydroxyl groups excluding tert-OH is 1. The van der Waals surface area contributed by atoms with Crippen LogP contribution in [-0.4, -0.2) is 41.0 Å². The molecule has 118 valence electrons. The zero-order chi connectivity index (χ0) is 16.4. The number of hydrogen-bond acceptors (Lipinski definition) is 4. The number of carbonyl (C=O) groups excluding carboxylic acids is 2. The zero-order valence-corrected chi connectivity index (χ0v) is 13.8. The van der Waals surface area contributed by atoms with Crippen molar-refractivity contribution in [3.63, 3.8) is 0 Å². The Kier molecular flexibility index (Phi) is 4.45. The average molecular weight is 375 g/mol. The molecule has 0 fully saturated rings. The molecule has 0 radical (unpaired) electrons. The Bertz CT molecular complexity index is 728. The van der Waals surface area contributed by atoms with Crippen LogP contribution in [-0.2, 0) is 0 Å². The van der Waals surface area contributed by atoms with Gasteiger partial charge >= 0.3 is 0 Å². The minimum Gasteiger partial charge on any atom is -0.389 e. The van der Waals surface area contributed by atoms with Crippen molar-refractivity contribution in [1.29, 1.82) is 0 Å². The Hall–Kier alpha value is -2.18. The second-order valence-corrected chi connectivity index (χ2v) is 6.23. The molecule has 2 aromatic carbocycles. The van der Waals surface area contributed by atoms with Crippen LogP contribution in [0.25, 0.3) is 0 Å². The molecule has 1 aliphatic heterocycles. The number of rotatable bonds is 5. The highest BCUT2D eigenvalue weighted by Crippen LogP contribution is 2.22. The number of benzene rings is 2. The summed E-state index contributed by atoms with van der Waals surface area (Å²) >= 11 is 3.37. The van der Waals surface area contributed by atoms with E-state index in [0.717, 1.165) is 15.1 Å².